The standard InChI is InChI=1S/2C19H25N3O5.C12H22N2O2.C7H4FNO3.CH4/c2*1-18(2,3)27-17(24)21-7-6-19(12-21)9-14(10-19)20-15-5-4-13(11-23)8-16(15)22(25)26;1-11(2,3)16-10(15)14-5-4-12(8-14)6-9(13)7-12;8-6-2-1-5(4-10)3-7(6)9(11)12;/h2*4-5,8,11,14,20H,6-7,9-10,12H2,1-3H3;9H,4-8,13H2,1-3H3;1-4H;1H4. The predicted molar refractivity (Wildman–Crippen MR) is 307 cm³/mol. The Kier molecular flexibility index (Phi) is 20.8. The lowest BCUT2D eigenvalue weighted by Crippen LogP contribution is -2.48. The van der Waals surface area contributed by atoms with Gasteiger partial charge >= 0.3 is 24.0 Å². The molecule has 3 spiro atoms. The molecule has 0 aromatic heterocycles. The lowest BCUT2D eigenvalue weighted by Gasteiger charge is -2.45. The van der Waals surface area contributed by atoms with Crippen molar-refractivity contribution in [2.24, 2.45) is 22.0 Å². The summed E-state index contributed by atoms with van der Waals surface area (Å²) < 4.78 is 28.8. The number of carbonyl (C=O) groups excluding carboxylic acids is 6. The topological polar surface area (TPSA) is 319 Å². The zero-order valence-corrected chi connectivity index (χ0v) is 48.0. The van der Waals surface area contributed by atoms with Crippen LogP contribution >= 0.6 is 0 Å². The fourth-order valence-corrected chi connectivity index (χ4v) is 11.5. The molecule has 9 rings (SSSR count). The molecular weight excluding hydrogens is 1080 g/mol. The van der Waals surface area contributed by atoms with Gasteiger partial charge in [-0.25, -0.2) is 14.4 Å². The summed E-state index contributed by atoms with van der Waals surface area (Å²) in [5.41, 5.74) is 5.46. The molecule has 3 aliphatic carbocycles. The Hall–Kier alpha value is -7.83. The van der Waals surface area contributed by atoms with E-state index in [2.05, 4.69) is 10.6 Å². The van der Waals surface area contributed by atoms with E-state index >= 15 is 0 Å². The lowest BCUT2D eigenvalue weighted by atomic mass is 9.65. The predicted octanol–water partition coefficient (Wildman–Crippen LogP) is 11.1. The quantitative estimate of drug-likeness (QED) is 0.0735. The molecule has 0 radical (unpaired) electrons. The highest BCUT2D eigenvalue weighted by atomic mass is 19.1. The Labute approximate surface area is 482 Å². The number of nitro groups is 3. The van der Waals surface area contributed by atoms with Crippen LogP contribution in [-0.2, 0) is 14.2 Å². The molecule has 3 heterocycles. The first kappa shape index (κ1) is 66.0. The van der Waals surface area contributed by atoms with Crippen LogP contribution in [0.4, 0.5) is 47.2 Å². The Morgan fingerprint density at radius 2 is 0.831 bits per heavy atom. The lowest BCUT2D eigenvalue weighted by molar-refractivity contribution is -0.387. The normalized spacial score (nSPS) is 23.8. The number of benzene rings is 3. The Morgan fingerprint density at radius 3 is 1.11 bits per heavy atom. The molecule has 454 valence electrons. The van der Waals surface area contributed by atoms with Crippen molar-refractivity contribution in [3.8, 4) is 0 Å². The molecule has 3 aromatic rings. The molecular formula is C58H80FN9O15. The van der Waals surface area contributed by atoms with Crippen LogP contribution in [0.3, 0.4) is 0 Å². The summed E-state index contributed by atoms with van der Waals surface area (Å²) >= 11 is 0. The van der Waals surface area contributed by atoms with Crippen molar-refractivity contribution < 1.29 is 62.1 Å². The number of nitrogens with two attached hydrogens (primary N) is 1. The van der Waals surface area contributed by atoms with Gasteiger partial charge in [-0.1, -0.05) is 7.43 Å². The fourth-order valence-electron chi connectivity index (χ4n) is 11.5. The minimum atomic E-state index is -0.939. The monoisotopic (exact) mass is 1160 g/mol. The van der Waals surface area contributed by atoms with Gasteiger partial charge in [-0.3, -0.25) is 44.7 Å². The first-order chi connectivity index (χ1) is 38.2. The van der Waals surface area contributed by atoms with Gasteiger partial charge in [0.1, 0.15) is 47.0 Å². The number of halogens is 1. The molecule has 6 fully saturated rings. The number of nitrogens with zero attached hydrogens (tertiary/aromatic N) is 6. The number of hydrogen-bond acceptors (Lipinski definition) is 18. The van der Waals surface area contributed by atoms with Crippen LogP contribution in [0.1, 0.15) is 159 Å². The molecule has 0 bridgehead atoms. The first-order valence-electron chi connectivity index (χ1n) is 27.3. The van der Waals surface area contributed by atoms with Crippen LogP contribution in [0.5, 0.6) is 0 Å². The molecule has 3 aromatic carbocycles. The molecule has 3 saturated heterocycles. The molecule has 3 amide bonds. The van der Waals surface area contributed by atoms with E-state index in [1.165, 1.54) is 18.2 Å². The van der Waals surface area contributed by atoms with Crippen molar-refractivity contribution >= 4 is 65.6 Å². The summed E-state index contributed by atoms with van der Waals surface area (Å²) in [7, 11) is 0. The highest BCUT2D eigenvalue weighted by molar-refractivity contribution is 5.80. The van der Waals surface area contributed by atoms with E-state index in [-0.39, 0.29) is 76.7 Å². The van der Waals surface area contributed by atoms with Gasteiger partial charge in [-0.05, 0) is 173 Å². The van der Waals surface area contributed by atoms with Gasteiger partial charge in [-0.2, -0.15) is 4.39 Å². The van der Waals surface area contributed by atoms with Crippen LogP contribution in [0.15, 0.2) is 54.6 Å². The minimum absolute atomic E-state index is 0. The highest BCUT2D eigenvalue weighted by Crippen LogP contribution is 2.52. The maximum absolute atomic E-state index is 12.6. The Bertz CT molecular complexity index is 2770. The van der Waals surface area contributed by atoms with E-state index in [9.17, 15) is 63.5 Å². The summed E-state index contributed by atoms with van der Waals surface area (Å²) in [6.45, 7) is 21.1. The Balaban J connectivity index is 0.000000211. The van der Waals surface area contributed by atoms with Gasteiger partial charge in [0.25, 0.3) is 11.4 Å². The van der Waals surface area contributed by atoms with Gasteiger partial charge in [-0.15, -0.1) is 0 Å². The van der Waals surface area contributed by atoms with E-state index in [1.54, 1.807) is 34.1 Å². The number of nitrogens with one attached hydrogen (secondary N) is 2. The van der Waals surface area contributed by atoms with Crippen LogP contribution in [0.2, 0.25) is 0 Å². The van der Waals surface area contributed by atoms with Gasteiger partial charge in [0.2, 0.25) is 5.82 Å². The third-order valence-electron chi connectivity index (χ3n) is 15.1. The second-order valence-corrected chi connectivity index (χ2v) is 25.5. The molecule has 4 N–H and O–H groups in total. The van der Waals surface area contributed by atoms with Crippen molar-refractivity contribution in [2.75, 3.05) is 49.9 Å². The smallest absolute Gasteiger partial charge is 0.410 e. The number of aldehydes is 3. The average molecular weight is 1160 g/mol. The van der Waals surface area contributed by atoms with E-state index in [4.69, 9.17) is 19.9 Å². The number of anilines is 2. The second kappa shape index (κ2) is 26.2. The maximum Gasteiger partial charge on any atom is 0.410 e. The molecule has 25 heteroatoms. The molecule has 0 unspecified atom stereocenters. The third kappa shape index (κ3) is 17.8. The summed E-state index contributed by atoms with van der Waals surface area (Å²) in [5.74, 6) is -0.939. The largest absolute Gasteiger partial charge is 0.444 e. The summed E-state index contributed by atoms with van der Waals surface area (Å²) in [6, 6.07) is 12.4. The van der Waals surface area contributed by atoms with Crippen LogP contribution in [0, 0.1) is 52.4 Å². The van der Waals surface area contributed by atoms with E-state index in [1.807, 2.05) is 67.2 Å². The van der Waals surface area contributed by atoms with Crippen molar-refractivity contribution in [1.82, 2.24) is 14.7 Å². The molecule has 3 aliphatic heterocycles. The zero-order valence-electron chi connectivity index (χ0n) is 48.0. The minimum Gasteiger partial charge on any atom is -0.444 e. The van der Waals surface area contributed by atoms with Crippen LogP contribution in [-0.4, -0.2) is 141 Å². The molecule has 24 nitrogen and oxygen atoms in total. The number of amides is 3. The zero-order chi connectivity index (χ0) is 60.8. The van der Waals surface area contributed by atoms with Crippen molar-refractivity contribution in [3.63, 3.8) is 0 Å². The first-order valence-corrected chi connectivity index (χ1v) is 27.3. The maximum atomic E-state index is 12.6. The fraction of sp³-hybridized carbons (Fsp3) is 0.586. The third-order valence-corrected chi connectivity index (χ3v) is 15.1. The van der Waals surface area contributed by atoms with E-state index < -0.39 is 43.1 Å². The summed E-state index contributed by atoms with van der Waals surface area (Å²) in [6.07, 6.45) is 9.29. The van der Waals surface area contributed by atoms with Gasteiger partial charge in [0.05, 0.1) is 14.8 Å². The summed E-state index contributed by atoms with van der Waals surface area (Å²) in [5, 5.41) is 39.1. The number of rotatable bonds is 10. The van der Waals surface area contributed by atoms with Gasteiger partial charge < -0.3 is 45.3 Å². The van der Waals surface area contributed by atoms with Gasteiger partial charge in [0.15, 0.2) is 0 Å². The van der Waals surface area contributed by atoms with Crippen molar-refractivity contribution in [1.29, 1.82) is 0 Å². The van der Waals surface area contributed by atoms with E-state index in [0.29, 0.717) is 67.9 Å². The second-order valence-electron chi connectivity index (χ2n) is 25.5. The summed E-state index contributed by atoms with van der Waals surface area (Å²) in [4.78, 5) is 104. The molecule has 6 aliphatic rings. The number of carbonyl (C=O) groups is 6. The van der Waals surface area contributed by atoms with Gasteiger partial charge in [0, 0.05) is 92.3 Å². The van der Waals surface area contributed by atoms with Crippen LogP contribution in [0.25, 0.3) is 0 Å². The van der Waals surface area contributed by atoms with E-state index in [0.717, 1.165) is 83.0 Å². The molecule has 0 atom stereocenters. The SMILES string of the molecule is C.CC(C)(C)OC(=O)N1CCC2(CC(N)C2)C1.CC(C)(C)OC(=O)N1CCC2(CC(Nc3ccc(C=O)cc3[N+](=O)[O-])C2)C1.CC(C)(C)OC(=O)N1CCC2(CC(Nc3ccc(C=O)cc3[N+](=O)[O-])C2)C1.O=Cc1ccc(F)c([N+](=O)[O-])c1. The van der Waals surface area contributed by atoms with Crippen molar-refractivity contribution in [2.45, 2.75) is 162 Å². The number of nitro benzene ring substituents is 3. The van der Waals surface area contributed by atoms with Crippen LogP contribution < -0.4 is 16.4 Å². The molecule has 83 heavy (non-hydrogen) atoms. The Morgan fingerprint density at radius 1 is 0.542 bits per heavy atom. The highest BCUT2D eigenvalue weighted by Gasteiger charge is 2.52. The average Bonchev–Trinajstić information content (AvgIpc) is 4.19. The number of hydrogen-bond donors (Lipinski definition) is 3. The number of likely N-dealkylation sites (tertiary alicyclic amines) is 3. The molecule has 3 saturated carbocycles. The van der Waals surface area contributed by atoms with Crippen molar-refractivity contribution in [3.05, 3.63) is 107 Å². The number of ether oxygens (including phenoxy) is 3.